The van der Waals surface area contributed by atoms with Crippen molar-refractivity contribution >= 4 is 11.9 Å². The number of unbranched alkanes of at least 4 members (excludes halogenated alkanes) is 53. The van der Waals surface area contributed by atoms with E-state index in [1.54, 1.807) is 0 Å². The van der Waals surface area contributed by atoms with E-state index in [1.165, 1.54) is 321 Å². The maximum atomic E-state index is 12.5. The molecule has 0 aromatic rings. The van der Waals surface area contributed by atoms with Crippen molar-refractivity contribution in [1.82, 2.24) is 5.32 Å². The maximum Gasteiger partial charge on any atom is 0.305 e. The highest BCUT2D eigenvalue weighted by molar-refractivity contribution is 5.76. The molecule has 0 fully saturated rings. The zero-order valence-electron chi connectivity index (χ0n) is 49.9. The Kier molecular flexibility index (Phi) is 62.4. The SMILES string of the molecule is CCCCCCCCCCCCCCCCCCCCCCCCCCCC(O)C(CO)NC(=O)CCCCCCCCCCCCCCCCCCOC(=O)CCCCCCCCCCCCCCCCC. The van der Waals surface area contributed by atoms with Gasteiger partial charge >= 0.3 is 5.97 Å². The highest BCUT2D eigenvalue weighted by atomic mass is 16.5. The molecule has 436 valence electrons. The lowest BCUT2D eigenvalue weighted by atomic mass is 10.0. The van der Waals surface area contributed by atoms with Crippen molar-refractivity contribution in [3.05, 3.63) is 0 Å². The summed E-state index contributed by atoms with van der Waals surface area (Å²) in [5, 5.41) is 23.4. The summed E-state index contributed by atoms with van der Waals surface area (Å²) < 4.78 is 5.49. The Balaban J connectivity index is 3.40. The third-order valence-electron chi connectivity index (χ3n) is 16.2. The van der Waals surface area contributed by atoms with Crippen molar-refractivity contribution in [2.75, 3.05) is 13.2 Å². The van der Waals surface area contributed by atoms with E-state index in [9.17, 15) is 19.8 Å². The van der Waals surface area contributed by atoms with Crippen LogP contribution in [0.3, 0.4) is 0 Å². The summed E-state index contributed by atoms with van der Waals surface area (Å²) in [6.07, 6.45) is 75.5. The van der Waals surface area contributed by atoms with Crippen LogP contribution in [0.1, 0.15) is 393 Å². The summed E-state index contributed by atoms with van der Waals surface area (Å²) in [6, 6.07) is -0.547. The van der Waals surface area contributed by atoms with E-state index in [0.29, 0.717) is 25.9 Å². The number of carbonyl (C=O) groups is 2. The molecule has 0 saturated heterocycles. The van der Waals surface area contributed by atoms with E-state index < -0.39 is 12.1 Å². The molecule has 0 rings (SSSR count). The minimum absolute atomic E-state index is 0.00790. The number of hydrogen-bond acceptors (Lipinski definition) is 5. The predicted molar refractivity (Wildman–Crippen MR) is 320 cm³/mol. The molecule has 0 aromatic carbocycles. The fourth-order valence-corrected chi connectivity index (χ4v) is 11.0. The summed E-state index contributed by atoms with van der Waals surface area (Å²) in [5.41, 5.74) is 0. The number of rotatable bonds is 64. The van der Waals surface area contributed by atoms with Gasteiger partial charge in [0, 0.05) is 12.8 Å². The van der Waals surface area contributed by atoms with Gasteiger partial charge in [0.2, 0.25) is 5.91 Å². The standard InChI is InChI=1S/C67H133NO5/c1-3-5-7-9-11-13-15-17-19-20-21-22-23-24-25-26-27-28-32-35-39-43-47-51-55-59-65(70)64(63-69)68-66(71)60-56-52-48-44-40-36-33-29-30-34-38-42-46-50-54-58-62-73-67(72)61-57-53-49-45-41-37-31-18-16-14-12-10-8-6-4-2/h64-65,69-70H,3-63H2,1-2H3,(H,68,71). The lowest BCUT2D eigenvalue weighted by molar-refractivity contribution is -0.143. The number of aliphatic hydroxyl groups excluding tert-OH is 2. The Morgan fingerprint density at radius 2 is 0.562 bits per heavy atom. The molecule has 3 N–H and O–H groups in total. The lowest BCUT2D eigenvalue weighted by Crippen LogP contribution is -2.45. The van der Waals surface area contributed by atoms with E-state index in [1.807, 2.05) is 0 Å². The second-order valence-electron chi connectivity index (χ2n) is 23.5. The summed E-state index contributed by atoms with van der Waals surface area (Å²) in [6.45, 7) is 4.99. The zero-order chi connectivity index (χ0) is 52.9. The number of amides is 1. The van der Waals surface area contributed by atoms with Gasteiger partial charge in [-0.25, -0.2) is 0 Å². The van der Waals surface area contributed by atoms with Gasteiger partial charge in [-0.15, -0.1) is 0 Å². The van der Waals surface area contributed by atoms with Crippen molar-refractivity contribution in [1.29, 1.82) is 0 Å². The Morgan fingerprint density at radius 1 is 0.329 bits per heavy atom. The average Bonchev–Trinajstić information content (AvgIpc) is 3.39. The van der Waals surface area contributed by atoms with Crippen molar-refractivity contribution in [3.63, 3.8) is 0 Å². The minimum Gasteiger partial charge on any atom is -0.466 e. The number of esters is 1. The van der Waals surface area contributed by atoms with Crippen LogP contribution in [0.4, 0.5) is 0 Å². The Hall–Kier alpha value is -1.14. The predicted octanol–water partition coefficient (Wildman–Crippen LogP) is 21.4. The smallest absolute Gasteiger partial charge is 0.305 e. The van der Waals surface area contributed by atoms with E-state index in [-0.39, 0.29) is 18.5 Å². The number of hydrogen-bond donors (Lipinski definition) is 3. The lowest BCUT2D eigenvalue weighted by Gasteiger charge is -2.22. The molecule has 0 radical (unpaired) electrons. The Bertz CT molecular complexity index is 1050. The first-order valence-electron chi connectivity index (χ1n) is 33.8. The third-order valence-corrected chi connectivity index (χ3v) is 16.2. The molecule has 2 unspecified atom stereocenters. The van der Waals surface area contributed by atoms with E-state index in [0.717, 1.165) is 38.5 Å². The number of nitrogens with one attached hydrogen (secondary N) is 1. The molecule has 0 saturated carbocycles. The summed E-state index contributed by atoms with van der Waals surface area (Å²) in [5.74, 6) is -0.0280. The van der Waals surface area contributed by atoms with Crippen molar-refractivity contribution in [3.8, 4) is 0 Å². The van der Waals surface area contributed by atoms with Crippen LogP contribution >= 0.6 is 0 Å². The molecule has 0 aliphatic heterocycles. The molecule has 0 bridgehead atoms. The fourth-order valence-electron chi connectivity index (χ4n) is 11.0. The third kappa shape index (κ3) is 60.0. The molecule has 0 spiro atoms. The van der Waals surface area contributed by atoms with Crippen LogP contribution in [0.15, 0.2) is 0 Å². The van der Waals surface area contributed by atoms with E-state index in [4.69, 9.17) is 4.74 Å². The summed E-state index contributed by atoms with van der Waals surface area (Å²) in [4.78, 5) is 24.6. The van der Waals surface area contributed by atoms with Gasteiger partial charge in [-0.05, 0) is 25.7 Å². The number of aliphatic hydroxyl groups is 2. The van der Waals surface area contributed by atoms with Crippen LogP contribution in [0, 0.1) is 0 Å². The molecule has 0 aromatic heterocycles. The van der Waals surface area contributed by atoms with Crippen LogP contribution in [0.25, 0.3) is 0 Å². The second-order valence-corrected chi connectivity index (χ2v) is 23.5. The molecule has 73 heavy (non-hydrogen) atoms. The van der Waals surface area contributed by atoms with Gasteiger partial charge < -0.3 is 20.3 Å². The number of ether oxygens (including phenoxy) is 1. The van der Waals surface area contributed by atoms with E-state index in [2.05, 4.69) is 19.2 Å². The van der Waals surface area contributed by atoms with Gasteiger partial charge in [0.05, 0.1) is 25.4 Å². The number of carbonyl (C=O) groups excluding carboxylic acids is 2. The second kappa shape index (κ2) is 63.4. The topological polar surface area (TPSA) is 95.9 Å². The molecule has 0 heterocycles. The minimum atomic E-state index is -0.669. The van der Waals surface area contributed by atoms with Crippen molar-refractivity contribution < 1.29 is 24.5 Å². The van der Waals surface area contributed by atoms with Crippen LogP contribution < -0.4 is 5.32 Å². The van der Waals surface area contributed by atoms with E-state index >= 15 is 0 Å². The molecule has 0 aliphatic carbocycles. The fraction of sp³-hybridized carbons (Fsp3) is 0.970. The Labute approximate surface area is 457 Å². The van der Waals surface area contributed by atoms with Gasteiger partial charge in [-0.2, -0.15) is 0 Å². The molecule has 2 atom stereocenters. The van der Waals surface area contributed by atoms with Crippen molar-refractivity contribution in [2.24, 2.45) is 0 Å². The molecular weight excluding hydrogens is 899 g/mol. The first-order chi connectivity index (χ1) is 36.0. The first-order valence-corrected chi connectivity index (χ1v) is 33.8. The first kappa shape index (κ1) is 71.9. The normalized spacial score (nSPS) is 12.4. The largest absolute Gasteiger partial charge is 0.466 e. The van der Waals surface area contributed by atoms with Gasteiger partial charge in [0.25, 0.3) is 0 Å². The highest BCUT2D eigenvalue weighted by Gasteiger charge is 2.20. The maximum absolute atomic E-state index is 12.5. The molecule has 0 aliphatic rings. The average molecular weight is 1030 g/mol. The van der Waals surface area contributed by atoms with Gasteiger partial charge in [-0.1, -0.05) is 354 Å². The quantitative estimate of drug-likeness (QED) is 0.0417. The highest BCUT2D eigenvalue weighted by Crippen LogP contribution is 2.19. The van der Waals surface area contributed by atoms with Crippen molar-refractivity contribution in [2.45, 2.75) is 405 Å². The monoisotopic (exact) mass is 1030 g/mol. The van der Waals surface area contributed by atoms with Crippen LogP contribution in [0.5, 0.6) is 0 Å². The Morgan fingerprint density at radius 3 is 0.836 bits per heavy atom. The molecular formula is C67H133NO5. The van der Waals surface area contributed by atoms with Gasteiger partial charge in [0.15, 0.2) is 0 Å². The van der Waals surface area contributed by atoms with Gasteiger partial charge in [0.1, 0.15) is 0 Å². The zero-order valence-corrected chi connectivity index (χ0v) is 49.9. The van der Waals surface area contributed by atoms with Crippen LogP contribution in [-0.2, 0) is 14.3 Å². The molecule has 6 nitrogen and oxygen atoms in total. The molecule has 1 amide bonds. The summed E-state index contributed by atoms with van der Waals surface area (Å²) in [7, 11) is 0. The van der Waals surface area contributed by atoms with Crippen LogP contribution in [-0.4, -0.2) is 47.4 Å². The van der Waals surface area contributed by atoms with Crippen LogP contribution in [0.2, 0.25) is 0 Å². The molecule has 6 heteroatoms. The summed E-state index contributed by atoms with van der Waals surface area (Å²) >= 11 is 0. The van der Waals surface area contributed by atoms with Gasteiger partial charge in [-0.3, -0.25) is 9.59 Å².